The van der Waals surface area contributed by atoms with Crippen LogP contribution in [0, 0.1) is 11.3 Å². The third-order valence-corrected chi connectivity index (χ3v) is 2.13. The summed E-state index contributed by atoms with van der Waals surface area (Å²) in [6.45, 7) is 3.08. The Morgan fingerprint density at radius 3 is 3.00 bits per heavy atom. The minimum absolute atomic E-state index is 0.615. The van der Waals surface area contributed by atoms with Crippen molar-refractivity contribution in [2.24, 2.45) is 7.05 Å². The van der Waals surface area contributed by atoms with Crippen LogP contribution in [0.4, 0.5) is 5.82 Å². The maximum absolute atomic E-state index is 8.79. The summed E-state index contributed by atoms with van der Waals surface area (Å²) in [5, 5.41) is 16.0. The van der Waals surface area contributed by atoms with Gasteiger partial charge in [-0.05, 0) is 6.42 Å². The van der Waals surface area contributed by atoms with Crippen molar-refractivity contribution in [2.75, 3.05) is 11.9 Å². The molecule has 0 aliphatic heterocycles. The van der Waals surface area contributed by atoms with Crippen molar-refractivity contribution in [1.29, 1.82) is 5.26 Å². The van der Waals surface area contributed by atoms with E-state index in [4.69, 9.17) is 5.26 Å². The fourth-order valence-electron chi connectivity index (χ4n) is 1.31. The summed E-state index contributed by atoms with van der Waals surface area (Å²) in [7, 11) is 1.84. The second kappa shape index (κ2) is 5.28. The molecule has 1 N–H and O–H groups in total. The van der Waals surface area contributed by atoms with E-state index in [1.165, 1.54) is 12.8 Å². The monoisotopic (exact) mass is 192 g/mol. The average molecular weight is 192 g/mol. The molecule has 0 aliphatic rings. The van der Waals surface area contributed by atoms with Crippen LogP contribution in [0.5, 0.6) is 0 Å². The molecule has 0 atom stereocenters. The van der Waals surface area contributed by atoms with Gasteiger partial charge < -0.3 is 5.32 Å². The van der Waals surface area contributed by atoms with Gasteiger partial charge in [0, 0.05) is 13.6 Å². The van der Waals surface area contributed by atoms with E-state index in [2.05, 4.69) is 23.4 Å². The molecule has 0 aromatic carbocycles. The van der Waals surface area contributed by atoms with Crippen molar-refractivity contribution in [1.82, 2.24) is 9.78 Å². The molecular weight excluding hydrogens is 176 g/mol. The number of aromatic nitrogens is 2. The highest BCUT2D eigenvalue weighted by Gasteiger charge is 2.05. The number of nitrogens with one attached hydrogen (secondary N) is 1. The summed E-state index contributed by atoms with van der Waals surface area (Å²) in [6, 6.07) is 2.11. The van der Waals surface area contributed by atoms with E-state index in [0.29, 0.717) is 5.56 Å². The molecule has 4 nitrogen and oxygen atoms in total. The highest BCUT2D eigenvalue weighted by atomic mass is 15.3. The summed E-state index contributed by atoms with van der Waals surface area (Å²) >= 11 is 0. The minimum Gasteiger partial charge on any atom is -0.369 e. The SMILES string of the molecule is CCCCCNc1c(C#N)cnn1C. The molecule has 0 saturated heterocycles. The second-order valence-electron chi connectivity index (χ2n) is 3.28. The number of anilines is 1. The Labute approximate surface area is 84.5 Å². The molecule has 0 fully saturated rings. The first kappa shape index (κ1) is 10.6. The minimum atomic E-state index is 0.615. The van der Waals surface area contributed by atoms with Crippen LogP contribution in [0.25, 0.3) is 0 Å². The first-order valence-corrected chi connectivity index (χ1v) is 4.95. The molecule has 0 spiro atoms. The number of unbranched alkanes of at least 4 members (excludes halogenated alkanes) is 2. The Morgan fingerprint density at radius 1 is 1.57 bits per heavy atom. The molecule has 1 aromatic heterocycles. The first-order chi connectivity index (χ1) is 6.79. The van der Waals surface area contributed by atoms with E-state index in [1.807, 2.05) is 7.05 Å². The van der Waals surface area contributed by atoms with Gasteiger partial charge in [0.25, 0.3) is 0 Å². The highest BCUT2D eigenvalue weighted by Crippen LogP contribution is 2.12. The quantitative estimate of drug-likeness (QED) is 0.725. The number of hydrogen-bond donors (Lipinski definition) is 1. The summed E-state index contributed by atoms with van der Waals surface area (Å²) in [5.74, 6) is 0.823. The topological polar surface area (TPSA) is 53.6 Å². The molecule has 0 amide bonds. The van der Waals surface area contributed by atoms with Crippen LogP contribution >= 0.6 is 0 Å². The van der Waals surface area contributed by atoms with Gasteiger partial charge >= 0.3 is 0 Å². The van der Waals surface area contributed by atoms with E-state index >= 15 is 0 Å². The predicted molar refractivity (Wildman–Crippen MR) is 55.9 cm³/mol. The maximum Gasteiger partial charge on any atom is 0.142 e. The van der Waals surface area contributed by atoms with Crippen molar-refractivity contribution in [2.45, 2.75) is 26.2 Å². The molecule has 14 heavy (non-hydrogen) atoms. The predicted octanol–water partition coefficient (Wildman–Crippen LogP) is 1.89. The molecule has 0 radical (unpaired) electrons. The van der Waals surface area contributed by atoms with Gasteiger partial charge in [0.1, 0.15) is 17.5 Å². The third-order valence-electron chi connectivity index (χ3n) is 2.13. The van der Waals surface area contributed by atoms with Gasteiger partial charge in [0.05, 0.1) is 6.20 Å². The maximum atomic E-state index is 8.79. The van der Waals surface area contributed by atoms with Gasteiger partial charge in [0.2, 0.25) is 0 Å². The van der Waals surface area contributed by atoms with Gasteiger partial charge in [-0.2, -0.15) is 10.4 Å². The van der Waals surface area contributed by atoms with Crippen LogP contribution < -0.4 is 5.32 Å². The first-order valence-electron chi connectivity index (χ1n) is 4.95. The molecule has 0 saturated carbocycles. The van der Waals surface area contributed by atoms with E-state index in [9.17, 15) is 0 Å². The second-order valence-corrected chi connectivity index (χ2v) is 3.28. The molecule has 0 bridgehead atoms. The zero-order valence-corrected chi connectivity index (χ0v) is 8.75. The standard InChI is InChI=1S/C10H16N4/c1-3-4-5-6-12-10-9(7-11)8-13-14(10)2/h8,12H,3-6H2,1-2H3. The van der Waals surface area contributed by atoms with Crippen LogP contribution in [-0.4, -0.2) is 16.3 Å². The summed E-state index contributed by atoms with van der Waals surface area (Å²) in [4.78, 5) is 0. The van der Waals surface area contributed by atoms with Crippen molar-refractivity contribution in [3.8, 4) is 6.07 Å². The van der Waals surface area contributed by atoms with Crippen LogP contribution in [0.2, 0.25) is 0 Å². The Balaban J connectivity index is 2.49. The summed E-state index contributed by atoms with van der Waals surface area (Å²) in [6.07, 6.45) is 5.14. The number of hydrogen-bond acceptors (Lipinski definition) is 3. The molecular formula is C10H16N4. The Kier molecular flexibility index (Phi) is 3.99. The number of aryl methyl sites for hydroxylation is 1. The molecule has 1 heterocycles. The Morgan fingerprint density at radius 2 is 2.36 bits per heavy atom. The zero-order chi connectivity index (χ0) is 10.4. The van der Waals surface area contributed by atoms with E-state index in [0.717, 1.165) is 18.8 Å². The number of rotatable bonds is 5. The fraction of sp³-hybridized carbons (Fsp3) is 0.600. The Bertz CT molecular complexity index is 321. The van der Waals surface area contributed by atoms with Gasteiger partial charge in [-0.1, -0.05) is 19.8 Å². The van der Waals surface area contributed by atoms with Crippen molar-refractivity contribution >= 4 is 5.82 Å². The fourth-order valence-corrected chi connectivity index (χ4v) is 1.31. The van der Waals surface area contributed by atoms with Crippen molar-refractivity contribution < 1.29 is 0 Å². The summed E-state index contributed by atoms with van der Waals surface area (Å²) < 4.78 is 1.70. The lowest BCUT2D eigenvalue weighted by Crippen LogP contribution is -2.07. The van der Waals surface area contributed by atoms with Crippen LogP contribution in [0.15, 0.2) is 6.20 Å². The lowest BCUT2D eigenvalue weighted by atomic mass is 10.2. The molecule has 76 valence electrons. The van der Waals surface area contributed by atoms with Gasteiger partial charge in [-0.3, -0.25) is 4.68 Å². The zero-order valence-electron chi connectivity index (χ0n) is 8.75. The van der Waals surface area contributed by atoms with Gasteiger partial charge in [-0.15, -0.1) is 0 Å². The van der Waals surface area contributed by atoms with Crippen molar-refractivity contribution in [3.05, 3.63) is 11.8 Å². The average Bonchev–Trinajstić information content (AvgIpc) is 2.55. The number of nitrogens with zero attached hydrogens (tertiary/aromatic N) is 3. The largest absolute Gasteiger partial charge is 0.369 e. The van der Waals surface area contributed by atoms with Gasteiger partial charge in [0.15, 0.2) is 0 Å². The highest BCUT2D eigenvalue weighted by molar-refractivity contribution is 5.51. The smallest absolute Gasteiger partial charge is 0.142 e. The molecule has 0 unspecified atom stereocenters. The van der Waals surface area contributed by atoms with E-state index in [1.54, 1.807) is 10.9 Å². The Hall–Kier alpha value is -1.50. The molecule has 4 heteroatoms. The van der Waals surface area contributed by atoms with E-state index in [-0.39, 0.29) is 0 Å². The lowest BCUT2D eigenvalue weighted by Gasteiger charge is -2.05. The van der Waals surface area contributed by atoms with Crippen LogP contribution in [0.1, 0.15) is 31.7 Å². The number of nitriles is 1. The molecule has 1 rings (SSSR count). The summed E-state index contributed by atoms with van der Waals surface area (Å²) in [5.41, 5.74) is 0.615. The lowest BCUT2D eigenvalue weighted by molar-refractivity contribution is 0.725. The van der Waals surface area contributed by atoms with Gasteiger partial charge in [-0.25, -0.2) is 0 Å². The molecule has 1 aromatic rings. The van der Waals surface area contributed by atoms with Crippen LogP contribution in [-0.2, 0) is 7.05 Å². The normalized spacial score (nSPS) is 9.79. The molecule has 0 aliphatic carbocycles. The third kappa shape index (κ3) is 2.49. The van der Waals surface area contributed by atoms with E-state index < -0.39 is 0 Å². The van der Waals surface area contributed by atoms with Crippen LogP contribution in [0.3, 0.4) is 0 Å². The van der Waals surface area contributed by atoms with Crippen molar-refractivity contribution in [3.63, 3.8) is 0 Å².